The lowest BCUT2D eigenvalue weighted by molar-refractivity contribution is -0.115. The molecule has 7 nitrogen and oxygen atoms in total. The van der Waals surface area contributed by atoms with Crippen LogP contribution in [0.15, 0.2) is 39.4 Å². The molecule has 3 amide bonds. The van der Waals surface area contributed by atoms with E-state index < -0.39 is 17.6 Å². The largest absolute Gasteiger partial charge is 0.444 e. The zero-order chi connectivity index (χ0) is 17.7. The van der Waals surface area contributed by atoms with Crippen LogP contribution in [-0.2, 0) is 9.59 Å². The molecule has 1 aromatic heterocycles. The van der Waals surface area contributed by atoms with Gasteiger partial charge >= 0.3 is 0 Å². The van der Waals surface area contributed by atoms with Gasteiger partial charge in [0.05, 0.1) is 12.2 Å². The summed E-state index contributed by atoms with van der Waals surface area (Å²) in [5, 5.41) is 7.13. The minimum absolute atomic E-state index is 0.0357. The molecule has 0 spiro atoms. The van der Waals surface area contributed by atoms with Crippen molar-refractivity contribution in [3.63, 3.8) is 0 Å². The van der Waals surface area contributed by atoms with Gasteiger partial charge in [0.1, 0.15) is 5.82 Å². The smallest absolute Gasteiger partial charge is 0.287 e. The van der Waals surface area contributed by atoms with Crippen molar-refractivity contribution in [2.24, 2.45) is 0 Å². The molecule has 2 rings (SSSR count). The number of nitrogens with one attached hydrogen (secondary N) is 3. The van der Waals surface area contributed by atoms with Gasteiger partial charge in [0, 0.05) is 12.6 Å². The van der Waals surface area contributed by atoms with E-state index in [-0.39, 0.29) is 23.9 Å². The van der Waals surface area contributed by atoms with E-state index in [9.17, 15) is 18.8 Å². The van der Waals surface area contributed by atoms with Gasteiger partial charge in [-0.05, 0) is 46.3 Å². The normalized spacial score (nSPS) is 10.1. The number of carbonyl (C=O) groups excluding carboxylic acids is 3. The third-order valence-corrected chi connectivity index (χ3v) is 3.19. The molecule has 0 atom stereocenters. The molecular formula is C15H13BrFN3O4. The Hall–Kier alpha value is -2.68. The van der Waals surface area contributed by atoms with Crippen LogP contribution >= 0.6 is 15.9 Å². The first-order valence-corrected chi connectivity index (χ1v) is 7.55. The Bertz CT molecular complexity index is 791. The number of amides is 3. The summed E-state index contributed by atoms with van der Waals surface area (Å²) in [5.74, 6) is -2.17. The number of hydrogen-bond acceptors (Lipinski definition) is 4. The summed E-state index contributed by atoms with van der Waals surface area (Å²) < 4.78 is 19.1. The van der Waals surface area contributed by atoms with Crippen LogP contribution in [0.1, 0.15) is 17.5 Å². The minimum atomic E-state index is -0.668. The molecule has 0 fully saturated rings. The highest BCUT2D eigenvalue weighted by Gasteiger charge is 2.13. The number of carbonyl (C=O) groups is 3. The average molecular weight is 398 g/mol. The molecule has 24 heavy (non-hydrogen) atoms. The van der Waals surface area contributed by atoms with E-state index in [4.69, 9.17) is 4.42 Å². The van der Waals surface area contributed by atoms with Crippen LogP contribution in [0.4, 0.5) is 15.8 Å². The van der Waals surface area contributed by atoms with Gasteiger partial charge in [-0.25, -0.2) is 4.39 Å². The second kappa shape index (κ2) is 7.73. The van der Waals surface area contributed by atoms with Gasteiger partial charge in [0.25, 0.3) is 5.91 Å². The lowest BCUT2D eigenvalue weighted by Gasteiger charge is -2.09. The molecule has 1 heterocycles. The average Bonchev–Trinajstić information content (AvgIpc) is 2.94. The summed E-state index contributed by atoms with van der Waals surface area (Å²) in [6.07, 6.45) is 0. The van der Waals surface area contributed by atoms with Crippen LogP contribution in [0.5, 0.6) is 0 Å². The van der Waals surface area contributed by atoms with E-state index in [2.05, 4.69) is 31.9 Å². The molecule has 2 aromatic rings. The molecule has 0 saturated heterocycles. The maximum absolute atomic E-state index is 13.7. The standard InChI is InChI=1S/C15H13BrFN3O4/c1-8(21)19-9-2-3-10(17)11(6-9)20-14(22)7-18-15(23)12-4-5-13(16)24-12/h2-6H,7H2,1H3,(H,18,23)(H,19,21)(H,20,22). The van der Waals surface area contributed by atoms with Crippen molar-refractivity contribution in [2.75, 3.05) is 17.2 Å². The molecule has 3 N–H and O–H groups in total. The highest BCUT2D eigenvalue weighted by atomic mass is 79.9. The SMILES string of the molecule is CC(=O)Nc1ccc(F)c(NC(=O)CNC(=O)c2ccc(Br)o2)c1. The van der Waals surface area contributed by atoms with Gasteiger partial charge in [-0.15, -0.1) is 0 Å². The first-order chi connectivity index (χ1) is 11.3. The fourth-order valence-electron chi connectivity index (χ4n) is 1.78. The Morgan fingerprint density at radius 1 is 1.17 bits per heavy atom. The third-order valence-electron chi connectivity index (χ3n) is 2.77. The summed E-state index contributed by atoms with van der Waals surface area (Å²) in [6.45, 7) is 0.936. The summed E-state index contributed by atoms with van der Waals surface area (Å²) in [6, 6.07) is 6.73. The summed E-state index contributed by atoms with van der Waals surface area (Å²) in [4.78, 5) is 34.5. The van der Waals surface area contributed by atoms with Crippen LogP contribution < -0.4 is 16.0 Å². The first kappa shape index (κ1) is 17.7. The van der Waals surface area contributed by atoms with Crippen molar-refractivity contribution in [2.45, 2.75) is 6.92 Å². The van der Waals surface area contributed by atoms with Gasteiger partial charge in [0.2, 0.25) is 11.8 Å². The Morgan fingerprint density at radius 2 is 1.92 bits per heavy atom. The predicted molar refractivity (Wildman–Crippen MR) is 88.1 cm³/mol. The van der Waals surface area contributed by atoms with Gasteiger partial charge in [-0.2, -0.15) is 0 Å². The second-order valence-corrected chi connectivity index (χ2v) is 5.49. The number of anilines is 2. The molecule has 1 aromatic carbocycles. The maximum Gasteiger partial charge on any atom is 0.287 e. The number of rotatable bonds is 5. The monoisotopic (exact) mass is 397 g/mol. The quantitative estimate of drug-likeness (QED) is 0.721. The molecule has 9 heteroatoms. The van der Waals surface area contributed by atoms with Crippen LogP contribution in [0, 0.1) is 5.82 Å². The summed E-state index contributed by atoms with van der Waals surface area (Å²) >= 11 is 3.06. The molecule has 0 aliphatic heterocycles. The van der Waals surface area contributed by atoms with Crippen molar-refractivity contribution >= 4 is 45.0 Å². The lowest BCUT2D eigenvalue weighted by atomic mass is 10.2. The van der Waals surface area contributed by atoms with Crippen molar-refractivity contribution in [1.29, 1.82) is 0 Å². The Labute approximate surface area is 144 Å². The van der Waals surface area contributed by atoms with Crippen LogP contribution in [-0.4, -0.2) is 24.3 Å². The number of hydrogen-bond donors (Lipinski definition) is 3. The Morgan fingerprint density at radius 3 is 2.54 bits per heavy atom. The van der Waals surface area contributed by atoms with E-state index >= 15 is 0 Å². The van der Waals surface area contributed by atoms with Crippen LogP contribution in [0.3, 0.4) is 0 Å². The van der Waals surface area contributed by atoms with Crippen LogP contribution in [0.25, 0.3) is 0 Å². The Kier molecular flexibility index (Phi) is 5.69. The molecule has 0 unspecified atom stereocenters. The van der Waals surface area contributed by atoms with Gasteiger partial charge < -0.3 is 20.4 Å². The number of furan rings is 1. The fourth-order valence-corrected chi connectivity index (χ4v) is 2.09. The van der Waals surface area contributed by atoms with Crippen molar-refractivity contribution in [1.82, 2.24) is 5.32 Å². The van der Waals surface area contributed by atoms with Crippen molar-refractivity contribution < 1.29 is 23.2 Å². The molecule has 0 radical (unpaired) electrons. The fraction of sp³-hybridized carbons (Fsp3) is 0.133. The van der Waals surface area contributed by atoms with Crippen LogP contribution in [0.2, 0.25) is 0 Å². The molecule has 0 aliphatic carbocycles. The van der Waals surface area contributed by atoms with Crippen molar-refractivity contribution in [3.8, 4) is 0 Å². The molecule has 0 aliphatic rings. The second-order valence-electron chi connectivity index (χ2n) is 4.71. The zero-order valence-electron chi connectivity index (χ0n) is 12.5. The zero-order valence-corrected chi connectivity index (χ0v) is 14.1. The third kappa shape index (κ3) is 4.92. The molecule has 0 bridgehead atoms. The van der Waals surface area contributed by atoms with E-state index in [1.165, 1.54) is 31.2 Å². The maximum atomic E-state index is 13.7. The number of halogens is 2. The molecular weight excluding hydrogens is 385 g/mol. The summed E-state index contributed by atoms with van der Waals surface area (Å²) in [5.41, 5.74) is 0.227. The Balaban J connectivity index is 1.94. The number of benzene rings is 1. The highest BCUT2D eigenvalue weighted by molar-refractivity contribution is 9.10. The van der Waals surface area contributed by atoms with Gasteiger partial charge in [-0.1, -0.05) is 0 Å². The van der Waals surface area contributed by atoms with E-state index in [0.29, 0.717) is 10.4 Å². The van der Waals surface area contributed by atoms with E-state index in [0.717, 1.165) is 6.07 Å². The predicted octanol–water partition coefficient (Wildman–Crippen LogP) is 2.51. The van der Waals surface area contributed by atoms with Crippen molar-refractivity contribution in [3.05, 3.63) is 46.6 Å². The minimum Gasteiger partial charge on any atom is -0.444 e. The van der Waals surface area contributed by atoms with Gasteiger partial charge in [-0.3, -0.25) is 14.4 Å². The lowest BCUT2D eigenvalue weighted by Crippen LogP contribution is -2.32. The summed E-state index contributed by atoms with van der Waals surface area (Å²) in [7, 11) is 0. The topological polar surface area (TPSA) is 100 Å². The molecule has 0 saturated carbocycles. The van der Waals surface area contributed by atoms with E-state index in [1.807, 2.05) is 0 Å². The highest BCUT2D eigenvalue weighted by Crippen LogP contribution is 2.19. The van der Waals surface area contributed by atoms with E-state index in [1.54, 1.807) is 0 Å². The first-order valence-electron chi connectivity index (χ1n) is 6.75. The molecule has 126 valence electrons. The van der Waals surface area contributed by atoms with Gasteiger partial charge in [0.15, 0.2) is 10.4 Å².